The van der Waals surface area contributed by atoms with Crippen LogP contribution in [0, 0.1) is 19.7 Å². The third-order valence-corrected chi connectivity index (χ3v) is 4.32. The Bertz CT molecular complexity index is 912. The molecule has 3 rings (SSSR count). The number of aryl methyl sites for hydroxylation is 2. The topological polar surface area (TPSA) is 59.7 Å². The van der Waals surface area contributed by atoms with Crippen molar-refractivity contribution in [2.24, 2.45) is 7.05 Å². The van der Waals surface area contributed by atoms with Crippen LogP contribution < -0.4 is 10.6 Å². The fourth-order valence-corrected chi connectivity index (χ4v) is 2.87. The van der Waals surface area contributed by atoms with E-state index in [-0.39, 0.29) is 5.82 Å². The Labute approximate surface area is 157 Å². The molecule has 6 nitrogen and oxygen atoms in total. The molecule has 0 spiro atoms. The molecule has 0 fully saturated rings. The van der Waals surface area contributed by atoms with Crippen LogP contribution >= 0.6 is 12.2 Å². The van der Waals surface area contributed by atoms with Crippen molar-refractivity contribution in [1.82, 2.24) is 24.9 Å². The average molecular weight is 372 g/mol. The Balaban J connectivity index is 1.65. The third-order valence-electron chi connectivity index (χ3n) is 4.08. The first-order valence-electron chi connectivity index (χ1n) is 8.23. The molecule has 0 aliphatic heterocycles. The largest absolute Gasteiger partial charge is 0.358 e. The van der Waals surface area contributed by atoms with Crippen molar-refractivity contribution >= 4 is 23.0 Å². The summed E-state index contributed by atoms with van der Waals surface area (Å²) in [5, 5.41) is 15.6. The van der Waals surface area contributed by atoms with Crippen molar-refractivity contribution < 1.29 is 4.39 Å². The Morgan fingerprint density at radius 1 is 1.19 bits per heavy atom. The van der Waals surface area contributed by atoms with Crippen LogP contribution in [0.5, 0.6) is 0 Å². The minimum Gasteiger partial charge on any atom is -0.358 e. The van der Waals surface area contributed by atoms with Crippen molar-refractivity contribution in [1.29, 1.82) is 0 Å². The van der Waals surface area contributed by atoms with Crippen LogP contribution in [0.4, 0.5) is 10.1 Å². The van der Waals surface area contributed by atoms with Gasteiger partial charge >= 0.3 is 0 Å². The van der Waals surface area contributed by atoms with Gasteiger partial charge in [0.1, 0.15) is 5.82 Å². The smallest absolute Gasteiger partial charge is 0.171 e. The van der Waals surface area contributed by atoms with E-state index in [9.17, 15) is 4.39 Å². The number of thiocarbonyl (C=S) groups is 1. The molecule has 3 aromatic rings. The van der Waals surface area contributed by atoms with Gasteiger partial charge in [0.15, 0.2) is 5.11 Å². The molecule has 2 aromatic heterocycles. The number of halogens is 1. The first kappa shape index (κ1) is 18.1. The van der Waals surface area contributed by atoms with E-state index in [0.717, 1.165) is 28.2 Å². The number of hydrogen-bond donors (Lipinski definition) is 2. The van der Waals surface area contributed by atoms with Crippen LogP contribution in [0.25, 0.3) is 0 Å². The van der Waals surface area contributed by atoms with Gasteiger partial charge in [-0.3, -0.25) is 9.36 Å². The number of hydrogen-bond acceptors (Lipinski definition) is 3. The molecule has 2 heterocycles. The van der Waals surface area contributed by atoms with E-state index in [1.165, 1.54) is 12.1 Å². The molecule has 0 aliphatic carbocycles. The summed E-state index contributed by atoms with van der Waals surface area (Å²) in [6, 6.07) is 6.44. The van der Waals surface area contributed by atoms with Gasteiger partial charge in [0, 0.05) is 25.4 Å². The maximum absolute atomic E-state index is 13.1. The van der Waals surface area contributed by atoms with Crippen LogP contribution in [-0.2, 0) is 20.1 Å². The molecule has 8 heteroatoms. The molecular formula is C18H21FN6S. The summed E-state index contributed by atoms with van der Waals surface area (Å²) in [7, 11) is 1.88. The minimum atomic E-state index is -0.241. The second kappa shape index (κ2) is 7.65. The van der Waals surface area contributed by atoms with Crippen LogP contribution in [0.15, 0.2) is 36.7 Å². The predicted octanol–water partition coefficient (Wildman–Crippen LogP) is 2.91. The molecule has 136 valence electrons. The Morgan fingerprint density at radius 3 is 2.58 bits per heavy atom. The molecule has 0 unspecified atom stereocenters. The second-order valence-corrected chi connectivity index (χ2v) is 6.57. The summed E-state index contributed by atoms with van der Waals surface area (Å²) in [4.78, 5) is 0. The normalized spacial score (nSPS) is 10.8. The van der Waals surface area contributed by atoms with E-state index in [1.54, 1.807) is 23.0 Å². The van der Waals surface area contributed by atoms with E-state index < -0.39 is 0 Å². The van der Waals surface area contributed by atoms with Gasteiger partial charge in [-0.15, -0.1) is 0 Å². The Morgan fingerprint density at radius 2 is 1.92 bits per heavy atom. The first-order chi connectivity index (χ1) is 12.4. The SMILES string of the molecule is Cc1nn(Cc2ccc(F)cc2)c(C)c1NC(=S)NCc1cnn(C)c1. The van der Waals surface area contributed by atoms with Crippen molar-refractivity contribution in [3.8, 4) is 0 Å². The molecule has 0 atom stereocenters. The highest BCUT2D eigenvalue weighted by Gasteiger charge is 2.13. The molecule has 0 saturated carbocycles. The zero-order valence-electron chi connectivity index (χ0n) is 15.0. The van der Waals surface area contributed by atoms with Crippen molar-refractivity contribution in [3.63, 3.8) is 0 Å². The van der Waals surface area contributed by atoms with Gasteiger partial charge in [-0.2, -0.15) is 10.2 Å². The monoisotopic (exact) mass is 372 g/mol. The standard InChI is InChI=1S/C18H21FN6S/c1-12-17(22-18(26)20-8-15-9-21-24(3)10-15)13(2)25(23-12)11-14-4-6-16(19)7-5-14/h4-7,9-10H,8,11H2,1-3H3,(H2,20,22,26). The van der Waals surface area contributed by atoms with Gasteiger partial charge in [-0.1, -0.05) is 12.1 Å². The average Bonchev–Trinajstić information content (AvgIpc) is 3.13. The number of aromatic nitrogens is 4. The summed E-state index contributed by atoms with van der Waals surface area (Å²) in [6.07, 6.45) is 3.74. The van der Waals surface area contributed by atoms with E-state index >= 15 is 0 Å². The highest BCUT2D eigenvalue weighted by atomic mass is 32.1. The molecule has 0 bridgehead atoms. The van der Waals surface area contributed by atoms with Crippen LogP contribution in [0.3, 0.4) is 0 Å². The highest BCUT2D eigenvalue weighted by Crippen LogP contribution is 2.20. The van der Waals surface area contributed by atoms with Crippen molar-refractivity contribution in [2.75, 3.05) is 5.32 Å². The molecule has 0 amide bonds. The number of nitrogens with one attached hydrogen (secondary N) is 2. The van der Waals surface area contributed by atoms with Gasteiger partial charge in [0.2, 0.25) is 0 Å². The summed E-state index contributed by atoms with van der Waals surface area (Å²) in [5.41, 5.74) is 4.75. The Hall–Kier alpha value is -2.74. The van der Waals surface area contributed by atoms with Crippen LogP contribution in [0.2, 0.25) is 0 Å². The van der Waals surface area contributed by atoms with Gasteiger partial charge in [0.25, 0.3) is 0 Å². The van der Waals surface area contributed by atoms with E-state index in [2.05, 4.69) is 20.8 Å². The third kappa shape index (κ3) is 4.26. The highest BCUT2D eigenvalue weighted by molar-refractivity contribution is 7.80. The molecule has 0 radical (unpaired) electrons. The summed E-state index contributed by atoms with van der Waals surface area (Å²) < 4.78 is 16.7. The number of nitrogens with zero attached hydrogens (tertiary/aromatic N) is 4. The molecule has 0 saturated heterocycles. The van der Waals surface area contributed by atoms with Crippen molar-refractivity contribution in [2.45, 2.75) is 26.9 Å². The number of benzene rings is 1. The van der Waals surface area contributed by atoms with Gasteiger partial charge in [0.05, 0.1) is 29.8 Å². The fraction of sp³-hybridized carbons (Fsp3) is 0.278. The van der Waals surface area contributed by atoms with E-state index in [1.807, 2.05) is 31.8 Å². The molecule has 1 aromatic carbocycles. The number of anilines is 1. The van der Waals surface area contributed by atoms with Gasteiger partial charge in [-0.05, 0) is 43.8 Å². The number of rotatable bonds is 5. The molecule has 2 N–H and O–H groups in total. The zero-order valence-corrected chi connectivity index (χ0v) is 15.8. The molecule has 0 aliphatic rings. The van der Waals surface area contributed by atoms with Gasteiger partial charge in [-0.25, -0.2) is 4.39 Å². The maximum atomic E-state index is 13.1. The van der Waals surface area contributed by atoms with E-state index in [4.69, 9.17) is 12.2 Å². The first-order valence-corrected chi connectivity index (χ1v) is 8.64. The fourth-order valence-electron chi connectivity index (χ4n) is 2.70. The summed E-state index contributed by atoms with van der Waals surface area (Å²) in [6.45, 7) is 5.09. The van der Waals surface area contributed by atoms with Crippen molar-refractivity contribution in [3.05, 3.63) is 65.0 Å². The van der Waals surface area contributed by atoms with Crippen LogP contribution in [-0.4, -0.2) is 24.7 Å². The van der Waals surface area contributed by atoms with Gasteiger partial charge < -0.3 is 10.6 Å². The van der Waals surface area contributed by atoms with Crippen LogP contribution in [0.1, 0.15) is 22.5 Å². The predicted molar refractivity (Wildman–Crippen MR) is 103 cm³/mol. The molecular weight excluding hydrogens is 351 g/mol. The second-order valence-electron chi connectivity index (χ2n) is 6.16. The lowest BCUT2D eigenvalue weighted by atomic mass is 10.2. The lowest BCUT2D eigenvalue weighted by Gasteiger charge is -2.10. The maximum Gasteiger partial charge on any atom is 0.171 e. The lowest BCUT2D eigenvalue weighted by molar-refractivity contribution is 0.622. The Kier molecular flexibility index (Phi) is 5.32. The summed E-state index contributed by atoms with van der Waals surface area (Å²) >= 11 is 5.39. The van der Waals surface area contributed by atoms with E-state index in [0.29, 0.717) is 18.2 Å². The zero-order chi connectivity index (χ0) is 18.7. The summed E-state index contributed by atoms with van der Waals surface area (Å²) in [5.74, 6) is -0.241. The lowest BCUT2D eigenvalue weighted by Crippen LogP contribution is -2.28. The minimum absolute atomic E-state index is 0.241. The molecule has 26 heavy (non-hydrogen) atoms. The quantitative estimate of drug-likeness (QED) is 0.675.